The van der Waals surface area contributed by atoms with Crippen molar-refractivity contribution in [2.45, 2.75) is 45.3 Å². The Balaban J connectivity index is 1.69. The molecule has 2 N–H and O–H groups in total. The lowest BCUT2D eigenvalue weighted by Gasteiger charge is -2.23. The van der Waals surface area contributed by atoms with E-state index in [1.54, 1.807) is 32.9 Å². The normalized spacial score (nSPS) is 19.0. The van der Waals surface area contributed by atoms with E-state index in [4.69, 9.17) is 4.74 Å². The maximum Gasteiger partial charge on any atom is 0.455 e. The van der Waals surface area contributed by atoms with Gasteiger partial charge in [-0.3, -0.25) is 14.5 Å². The minimum atomic E-state index is -1.08. The van der Waals surface area contributed by atoms with E-state index >= 15 is 0 Å². The van der Waals surface area contributed by atoms with Gasteiger partial charge >= 0.3 is 12.0 Å². The SMILES string of the molecule is CC(C)(C)OC(=O)NCCNc1cccc2c1C(=O)N(C1CCC[N+](=O)C1=O)C2=O. The van der Waals surface area contributed by atoms with E-state index in [9.17, 15) is 24.1 Å². The van der Waals surface area contributed by atoms with Crippen LogP contribution in [0.4, 0.5) is 10.5 Å². The molecule has 0 aliphatic carbocycles. The molecule has 3 rings (SSSR count). The van der Waals surface area contributed by atoms with Crippen LogP contribution in [0.3, 0.4) is 0 Å². The van der Waals surface area contributed by atoms with Crippen LogP contribution in [0, 0.1) is 4.91 Å². The van der Waals surface area contributed by atoms with Crippen molar-refractivity contribution in [3.63, 3.8) is 0 Å². The number of hydrogen-bond donors (Lipinski definition) is 2. The van der Waals surface area contributed by atoms with Gasteiger partial charge < -0.3 is 15.4 Å². The van der Waals surface area contributed by atoms with E-state index in [0.717, 1.165) is 4.90 Å². The molecule has 2 aliphatic heterocycles. The first kappa shape index (κ1) is 21.4. The third kappa shape index (κ3) is 4.32. The number of fused-ring (bicyclic) bond motifs is 1. The van der Waals surface area contributed by atoms with Gasteiger partial charge in [-0.15, -0.1) is 0 Å². The number of nitroso groups, excluding NO2 is 1. The first-order valence-corrected chi connectivity index (χ1v) is 9.80. The molecular formula is C20H25N4O6+. The zero-order valence-corrected chi connectivity index (χ0v) is 17.2. The summed E-state index contributed by atoms with van der Waals surface area (Å²) in [7, 11) is 0. The Morgan fingerprint density at radius 3 is 2.63 bits per heavy atom. The molecule has 10 nitrogen and oxygen atoms in total. The third-order valence-corrected chi connectivity index (χ3v) is 4.74. The number of nitrogens with one attached hydrogen (secondary N) is 2. The van der Waals surface area contributed by atoms with E-state index in [1.807, 2.05) is 0 Å². The molecule has 0 bridgehead atoms. The number of alkyl carbamates (subject to hydrolysis) is 1. The minimum absolute atomic E-state index is 0.0654. The number of imide groups is 1. The summed E-state index contributed by atoms with van der Waals surface area (Å²) in [6, 6.07) is 3.70. The van der Waals surface area contributed by atoms with Crippen LogP contribution >= 0.6 is 0 Å². The number of hydrogen-bond acceptors (Lipinski definition) is 7. The second kappa shape index (κ2) is 8.21. The Morgan fingerprint density at radius 2 is 1.93 bits per heavy atom. The Bertz CT molecular complexity index is 920. The van der Waals surface area contributed by atoms with Crippen LogP contribution in [-0.2, 0) is 9.53 Å². The fourth-order valence-electron chi connectivity index (χ4n) is 3.48. The molecule has 0 aromatic heterocycles. The Labute approximate surface area is 173 Å². The van der Waals surface area contributed by atoms with E-state index in [1.165, 1.54) is 6.07 Å². The standard InChI is InChI=1S/C20H24N4O6/c1-20(2,3)30-19(28)22-10-9-21-13-7-4-6-12-15(13)18(27)24(16(12)25)14-8-5-11-23(29)17(14)26/h4,6-7,14H,5,8-11H2,1-3H3,(H-,21,22,27,28)/p+1. The lowest BCUT2D eigenvalue weighted by atomic mass is 10.1. The summed E-state index contributed by atoms with van der Waals surface area (Å²) in [5, 5.41) is 5.63. The molecule has 1 saturated heterocycles. The molecule has 1 fully saturated rings. The van der Waals surface area contributed by atoms with Crippen LogP contribution in [0.25, 0.3) is 0 Å². The van der Waals surface area contributed by atoms with Crippen molar-refractivity contribution in [2.24, 2.45) is 0 Å². The number of amides is 4. The van der Waals surface area contributed by atoms with Gasteiger partial charge in [0.15, 0.2) is 6.04 Å². The van der Waals surface area contributed by atoms with Crippen LogP contribution < -0.4 is 10.6 Å². The molecular weight excluding hydrogens is 392 g/mol. The van der Waals surface area contributed by atoms with Gasteiger partial charge in [0.2, 0.25) is 6.54 Å². The number of piperidine rings is 1. The molecule has 30 heavy (non-hydrogen) atoms. The van der Waals surface area contributed by atoms with Crippen LogP contribution in [0.2, 0.25) is 0 Å². The third-order valence-electron chi connectivity index (χ3n) is 4.74. The molecule has 10 heteroatoms. The zero-order chi connectivity index (χ0) is 22.1. The summed E-state index contributed by atoms with van der Waals surface area (Å²) in [5.41, 5.74) is 0.155. The number of rotatable bonds is 5. The molecule has 0 saturated carbocycles. The van der Waals surface area contributed by atoms with Crippen molar-refractivity contribution in [1.29, 1.82) is 0 Å². The summed E-state index contributed by atoms with van der Waals surface area (Å²) in [5.74, 6) is -1.96. The Morgan fingerprint density at radius 1 is 1.20 bits per heavy atom. The summed E-state index contributed by atoms with van der Waals surface area (Å²) in [6.07, 6.45) is 0.137. The highest BCUT2D eigenvalue weighted by molar-refractivity contribution is 6.24. The van der Waals surface area contributed by atoms with E-state index in [2.05, 4.69) is 10.6 Å². The monoisotopic (exact) mass is 417 g/mol. The van der Waals surface area contributed by atoms with Crippen LogP contribution in [0.5, 0.6) is 0 Å². The van der Waals surface area contributed by atoms with Crippen molar-refractivity contribution in [2.75, 3.05) is 25.0 Å². The number of nitrogens with zero attached hydrogens (tertiary/aromatic N) is 2. The molecule has 4 amide bonds. The quantitative estimate of drug-likeness (QED) is 0.424. The topological polar surface area (TPSA) is 125 Å². The molecule has 1 unspecified atom stereocenters. The molecule has 1 atom stereocenters. The van der Waals surface area contributed by atoms with Crippen molar-refractivity contribution >= 4 is 29.5 Å². The highest BCUT2D eigenvalue weighted by Gasteiger charge is 2.50. The van der Waals surface area contributed by atoms with E-state index < -0.39 is 35.5 Å². The Hall–Kier alpha value is -3.30. The fourth-order valence-corrected chi connectivity index (χ4v) is 3.48. The van der Waals surface area contributed by atoms with Crippen molar-refractivity contribution in [3.8, 4) is 0 Å². The van der Waals surface area contributed by atoms with Crippen LogP contribution in [0.1, 0.15) is 54.3 Å². The smallest absolute Gasteiger partial charge is 0.444 e. The molecule has 160 valence electrons. The number of carbonyl (C=O) groups excluding carboxylic acids is 4. The number of anilines is 1. The van der Waals surface area contributed by atoms with Gasteiger partial charge in [0, 0.05) is 30.1 Å². The average molecular weight is 417 g/mol. The second-order valence-electron chi connectivity index (χ2n) is 8.16. The summed E-state index contributed by atoms with van der Waals surface area (Å²) in [6.45, 7) is 5.86. The molecule has 2 aliphatic rings. The minimum Gasteiger partial charge on any atom is -0.444 e. The highest BCUT2D eigenvalue weighted by atomic mass is 16.6. The van der Waals surface area contributed by atoms with E-state index in [-0.39, 0.29) is 37.2 Å². The Kier molecular flexibility index (Phi) is 5.86. The predicted molar refractivity (Wildman–Crippen MR) is 106 cm³/mol. The summed E-state index contributed by atoms with van der Waals surface area (Å²) < 4.78 is 5.46. The van der Waals surface area contributed by atoms with Crippen LogP contribution in [-0.4, -0.2) is 64.8 Å². The average Bonchev–Trinajstić information content (AvgIpc) is 2.91. The van der Waals surface area contributed by atoms with E-state index in [0.29, 0.717) is 16.9 Å². The molecule has 2 heterocycles. The lowest BCUT2D eigenvalue weighted by molar-refractivity contribution is -0.479. The maximum absolute atomic E-state index is 13.0. The number of benzene rings is 1. The van der Waals surface area contributed by atoms with Gasteiger partial charge in [-0.05, 0) is 39.3 Å². The van der Waals surface area contributed by atoms with Crippen molar-refractivity contribution in [1.82, 2.24) is 10.2 Å². The lowest BCUT2D eigenvalue weighted by Crippen LogP contribution is -2.50. The second-order valence-corrected chi connectivity index (χ2v) is 8.16. The van der Waals surface area contributed by atoms with Gasteiger partial charge in [-0.2, -0.15) is 0 Å². The number of ether oxygens (including phenoxy) is 1. The molecule has 0 radical (unpaired) electrons. The van der Waals surface area contributed by atoms with Crippen LogP contribution in [0.15, 0.2) is 18.2 Å². The number of carbonyl (C=O) groups is 4. The van der Waals surface area contributed by atoms with Gasteiger partial charge in [-0.25, -0.2) is 9.59 Å². The van der Waals surface area contributed by atoms with Gasteiger partial charge in [0.1, 0.15) is 5.60 Å². The molecule has 1 aromatic carbocycles. The van der Waals surface area contributed by atoms with Gasteiger partial charge in [-0.1, -0.05) is 6.07 Å². The summed E-state index contributed by atoms with van der Waals surface area (Å²) in [4.78, 5) is 62.3. The summed E-state index contributed by atoms with van der Waals surface area (Å²) >= 11 is 0. The largest absolute Gasteiger partial charge is 0.455 e. The predicted octanol–water partition coefficient (Wildman–Crippen LogP) is 1.69. The first-order valence-electron chi connectivity index (χ1n) is 9.80. The van der Waals surface area contributed by atoms with Gasteiger partial charge in [0.05, 0.1) is 15.9 Å². The molecule has 1 aromatic rings. The zero-order valence-electron chi connectivity index (χ0n) is 17.2. The fraction of sp³-hybridized carbons (Fsp3) is 0.500. The van der Waals surface area contributed by atoms with Crippen molar-refractivity contribution in [3.05, 3.63) is 34.2 Å². The van der Waals surface area contributed by atoms with Crippen molar-refractivity contribution < 1.29 is 28.7 Å². The highest BCUT2D eigenvalue weighted by Crippen LogP contribution is 2.32. The maximum atomic E-state index is 13.0. The first-order chi connectivity index (χ1) is 14.1. The molecule has 0 spiro atoms. The van der Waals surface area contributed by atoms with Gasteiger partial charge in [0.25, 0.3) is 11.8 Å².